The van der Waals surface area contributed by atoms with Crippen molar-refractivity contribution in [3.63, 3.8) is 0 Å². The second kappa shape index (κ2) is 11.1. The number of carboxylic acids is 1. The van der Waals surface area contributed by atoms with Crippen LogP contribution in [-0.4, -0.2) is 66.3 Å². The summed E-state index contributed by atoms with van der Waals surface area (Å²) in [5.74, 6) is 1.25. The van der Waals surface area contributed by atoms with E-state index < -0.39 is 11.5 Å². The highest BCUT2D eigenvalue weighted by Gasteiger charge is 2.49. The lowest BCUT2D eigenvalue weighted by molar-refractivity contribution is -0.942. The van der Waals surface area contributed by atoms with Crippen molar-refractivity contribution in [2.24, 2.45) is 11.3 Å². The van der Waals surface area contributed by atoms with Crippen molar-refractivity contribution in [3.05, 3.63) is 65.2 Å². The van der Waals surface area contributed by atoms with Crippen LogP contribution in [0.2, 0.25) is 5.02 Å². The molecule has 0 aliphatic carbocycles. The largest absolute Gasteiger partial charge is 0.493 e. The Bertz CT molecular complexity index is 981. The fourth-order valence-corrected chi connectivity index (χ4v) is 6.22. The molecule has 4 aliphatic heterocycles. The standard InChI is InChI=1S/C16H24NO.C14H18ClNO2/c1-2-5-16(6-3-1)18-14-4-10-17-11-7-15(8-12-17)9-13-17;1-13(2)8-16(9-13)14(3,12(17)18)10-4-6-11(15)7-5-10/h1-3,5-6,15H,4,7-14H2;4-7H,8-9H2,1-3H3,(H,17,18)/q+1;. The van der Waals surface area contributed by atoms with E-state index in [9.17, 15) is 9.90 Å². The number of benzene rings is 2. The van der Waals surface area contributed by atoms with Gasteiger partial charge in [0.2, 0.25) is 0 Å². The van der Waals surface area contributed by atoms with E-state index in [4.69, 9.17) is 16.3 Å². The number of piperidine rings is 3. The number of likely N-dealkylation sites (tertiary alicyclic amines) is 1. The third-order valence-electron chi connectivity index (χ3n) is 8.52. The predicted molar refractivity (Wildman–Crippen MR) is 145 cm³/mol. The minimum absolute atomic E-state index is 0.198. The van der Waals surface area contributed by atoms with Crippen LogP contribution in [0.1, 0.15) is 52.0 Å². The molecule has 4 saturated heterocycles. The molecule has 2 aromatic rings. The second-order valence-corrected chi connectivity index (χ2v) is 12.3. The van der Waals surface area contributed by atoms with Gasteiger partial charge in [-0.3, -0.25) is 4.90 Å². The first-order valence-electron chi connectivity index (χ1n) is 13.4. The van der Waals surface area contributed by atoms with E-state index in [-0.39, 0.29) is 5.41 Å². The summed E-state index contributed by atoms with van der Waals surface area (Å²) in [5, 5.41) is 10.2. The zero-order valence-electron chi connectivity index (χ0n) is 22.1. The van der Waals surface area contributed by atoms with Crippen LogP contribution in [0.25, 0.3) is 0 Å². The van der Waals surface area contributed by atoms with Crippen LogP contribution in [0, 0.1) is 11.3 Å². The van der Waals surface area contributed by atoms with Gasteiger partial charge in [-0.15, -0.1) is 0 Å². The van der Waals surface area contributed by atoms with Crippen LogP contribution >= 0.6 is 11.6 Å². The summed E-state index contributed by atoms with van der Waals surface area (Å²) < 4.78 is 7.17. The molecule has 1 N–H and O–H groups in total. The van der Waals surface area contributed by atoms with Gasteiger partial charge in [-0.1, -0.05) is 55.8 Å². The number of aliphatic carboxylic acids is 1. The average molecular weight is 514 g/mol. The summed E-state index contributed by atoms with van der Waals surface area (Å²) in [6.07, 6.45) is 5.61. The molecule has 0 radical (unpaired) electrons. The summed E-state index contributed by atoms with van der Waals surface area (Å²) >= 11 is 5.85. The van der Waals surface area contributed by atoms with Crippen molar-refractivity contribution < 1.29 is 19.1 Å². The fourth-order valence-electron chi connectivity index (χ4n) is 6.10. The van der Waals surface area contributed by atoms with Crippen LogP contribution in [0.4, 0.5) is 0 Å². The summed E-state index contributed by atoms with van der Waals surface area (Å²) in [5.41, 5.74) is -0.00150. The van der Waals surface area contributed by atoms with Crippen LogP contribution in [0.5, 0.6) is 5.75 Å². The Hall–Kier alpha value is -2.08. The van der Waals surface area contributed by atoms with E-state index in [1.165, 1.54) is 56.3 Å². The van der Waals surface area contributed by atoms with Crippen LogP contribution in [-0.2, 0) is 10.3 Å². The van der Waals surface area contributed by atoms with Crippen molar-refractivity contribution in [2.75, 3.05) is 45.9 Å². The van der Waals surface area contributed by atoms with E-state index in [0.717, 1.165) is 36.9 Å². The van der Waals surface area contributed by atoms with Crippen LogP contribution in [0.3, 0.4) is 0 Å². The summed E-state index contributed by atoms with van der Waals surface area (Å²) in [6, 6.07) is 17.2. The third-order valence-corrected chi connectivity index (χ3v) is 8.77. The first-order chi connectivity index (χ1) is 17.1. The minimum Gasteiger partial charge on any atom is -0.493 e. The van der Waals surface area contributed by atoms with Gasteiger partial charge in [-0.2, -0.15) is 0 Å². The molecule has 6 rings (SSSR count). The third kappa shape index (κ3) is 6.24. The Labute approximate surface area is 221 Å². The van der Waals surface area contributed by atoms with Crippen molar-refractivity contribution >= 4 is 17.6 Å². The van der Waals surface area contributed by atoms with Gasteiger partial charge in [-0.25, -0.2) is 4.79 Å². The smallest absolute Gasteiger partial charge is 0.328 e. The molecule has 5 nitrogen and oxygen atoms in total. The number of quaternary nitrogens is 1. The molecule has 1 unspecified atom stereocenters. The lowest BCUT2D eigenvalue weighted by Crippen LogP contribution is -2.63. The second-order valence-electron chi connectivity index (χ2n) is 11.9. The van der Waals surface area contributed by atoms with Gasteiger partial charge in [0.25, 0.3) is 0 Å². The SMILES string of the molecule is CC1(C)CN(C(C)(C(=O)O)c2ccc(Cl)cc2)C1.c1ccc(OCCC[N+]23CCC(CC2)CC3)cc1. The highest BCUT2D eigenvalue weighted by Crippen LogP contribution is 2.40. The monoisotopic (exact) mass is 513 g/mol. The average Bonchev–Trinajstić information content (AvgIpc) is 2.87. The summed E-state index contributed by atoms with van der Waals surface area (Å²) in [6.45, 7) is 14.1. The summed E-state index contributed by atoms with van der Waals surface area (Å²) in [4.78, 5) is 13.7. The minimum atomic E-state index is -0.972. The van der Waals surface area contributed by atoms with Crippen LogP contribution in [0.15, 0.2) is 54.6 Å². The van der Waals surface area contributed by atoms with Crippen LogP contribution < -0.4 is 4.74 Å². The number of halogens is 1. The number of nitrogens with zero attached hydrogens (tertiary/aromatic N) is 2. The zero-order chi connectivity index (χ0) is 25.8. The van der Waals surface area contributed by atoms with Gasteiger partial charge in [0.05, 0.1) is 32.8 Å². The molecule has 1 atom stereocenters. The van der Waals surface area contributed by atoms with Gasteiger partial charge < -0.3 is 14.3 Å². The van der Waals surface area contributed by atoms with Gasteiger partial charge in [0, 0.05) is 24.5 Å². The number of carbonyl (C=O) groups is 1. The number of carboxylic acid groups (broad SMARTS) is 1. The number of rotatable bonds is 8. The molecule has 0 saturated carbocycles. The molecule has 2 bridgehead atoms. The molecule has 6 heteroatoms. The molecule has 0 aromatic heterocycles. The number of hydrogen-bond donors (Lipinski definition) is 1. The van der Waals surface area contributed by atoms with E-state index >= 15 is 0 Å². The lowest BCUT2D eigenvalue weighted by Gasteiger charge is -2.53. The lowest BCUT2D eigenvalue weighted by atomic mass is 9.77. The fraction of sp³-hybridized carbons (Fsp3) is 0.567. The highest BCUT2D eigenvalue weighted by atomic mass is 35.5. The summed E-state index contributed by atoms with van der Waals surface area (Å²) in [7, 11) is 0. The van der Waals surface area contributed by atoms with E-state index in [2.05, 4.69) is 13.8 Å². The van der Waals surface area contributed by atoms with Gasteiger partial charge >= 0.3 is 5.97 Å². The Morgan fingerprint density at radius 1 is 1.06 bits per heavy atom. The van der Waals surface area contributed by atoms with E-state index in [1.54, 1.807) is 31.2 Å². The van der Waals surface area contributed by atoms with Gasteiger partial charge in [0.1, 0.15) is 11.3 Å². The molecule has 196 valence electrons. The number of para-hydroxylation sites is 1. The maximum atomic E-state index is 11.7. The van der Waals surface area contributed by atoms with Gasteiger partial charge in [0.15, 0.2) is 0 Å². The highest BCUT2D eigenvalue weighted by molar-refractivity contribution is 6.30. The number of ether oxygens (including phenoxy) is 1. The molecule has 2 aromatic carbocycles. The van der Waals surface area contributed by atoms with Crippen molar-refractivity contribution in [2.45, 2.75) is 52.0 Å². The molecular formula is C30H42ClN2O3+. The Morgan fingerprint density at radius 3 is 2.17 bits per heavy atom. The number of hydrogen-bond acceptors (Lipinski definition) is 3. The maximum Gasteiger partial charge on any atom is 0.328 e. The molecule has 4 fully saturated rings. The van der Waals surface area contributed by atoms with Crippen molar-refractivity contribution in [1.29, 1.82) is 0 Å². The number of fused-ring (bicyclic) bond motifs is 3. The van der Waals surface area contributed by atoms with Crippen molar-refractivity contribution in [1.82, 2.24) is 4.90 Å². The molecule has 0 amide bonds. The quantitative estimate of drug-likeness (QED) is 0.344. The maximum absolute atomic E-state index is 11.7. The Morgan fingerprint density at radius 2 is 1.64 bits per heavy atom. The Kier molecular flexibility index (Phi) is 8.33. The zero-order valence-corrected chi connectivity index (χ0v) is 22.8. The van der Waals surface area contributed by atoms with E-state index in [0.29, 0.717) is 5.02 Å². The van der Waals surface area contributed by atoms with E-state index in [1.807, 2.05) is 35.2 Å². The molecular weight excluding hydrogens is 472 g/mol. The van der Waals surface area contributed by atoms with Crippen molar-refractivity contribution in [3.8, 4) is 5.75 Å². The molecule has 4 heterocycles. The Balaban J connectivity index is 0.000000169. The normalized spacial score (nSPS) is 26.2. The predicted octanol–water partition coefficient (Wildman–Crippen LogP) is 6.07. The van der Waals surface area contributed by atoms with Gasteiger partial charge in [-0.05, 0) is 67.3 Å². The topological polar surface area (TPSA) is 49.8 Å². The first kappa shape index (κ1) is 27.0. The molecule has 0 spiro atoms. The molecule has 36 heavy (non-hydrogen) atoms. The first-order valence-corrected chi connectivity index (χ1v) is 13.8. The molecule has 4 aliphatic rings.